The Bertz CT molecular complexity index is 413. The van der Waals surface area contributed by atoms with E-state index in [0.717, 1.165) is 12.1 Å². The van der Waals surface area contributed by atoms with Crippen molar-refractivity contribution >= 4 is 0 Å². The molecule has 0 saturated heterocycles. The molecule has 1 aromatic rings. The predicted molar refractivity (Wildman–Crippen MR) is 54.2 cm³/mol. The van der Waals surface area contributed by atoms with Crippen LogP contribution in [0.2, 0.25) is 0 Å². The maximum atomic E-state index is 12.8. The lowest BCUT2D eigenvalue weighted by Crippen LogP contribution is -2.19. The summed E-state index contributed by atoms with van der Waals surface area (Å²) in [5.41, 5.74) is -0.743. The van der Waals surface area contributed by atoms with Crippen LogP contribution in [-0.4, -0.2) is 10.7 Å². The average molecular weight is 210 g/mol. The summed E-state index contributed by atoms with van der Waals surface area (Å²) in [5.74, 6) is 3.35. The molecule has 0 aliphatic heterocycles. The number of halogens is 2. The molecule has 1 aromatic carbocycles. The van der Waals surface area contributed by atoms with Gasteiger partial charge in [0.25, 0.3) is 0 Å². The van der Waals surface area contributed by atoms with Gasteiger partial charge in [0.2, 0.25) is 0 Å². The molecule has 0 aliphatic rings. The third-order valence-corrected chi connectivity index (χ3v) is 2.08. The lowest BCUT2D eigenvalue weighted by molar-refractivity contribution is 0.118. The largest absolute Gasteiger partial charge is 0.378 e. The number of benzene rings is 1. The number of aliphatic hydroxyl groups is 1. The molecule has 1 N–H and O–H groups in total. The third kappa shape index (κ3) is 3.34. The van der Waals surface area contributed by atoms with Gasteiger partial charge in [-0.05, 0) is 31.5 Å². The van der Waals surface area contributed by atoms with E-state index in [1.807, 2.05) is 0 Å². The SMILES string of the molecule is CCC(C)(O)C#Cc1ccc(F)c(F)c1. The van der Waals surface area contributed by atoms with Crippen LogP contribution < -0.4 is 0 Å². The summed E-state index contributed by atoms with van der Waals surface area (Å²) in [7, 11) is 0. The molecule has 0 heterocycles. The van der Waals surface area contributed by atoms with Crippen molar-refractivity contribution in [2.75, 3.05) is 0 Å². The molecule has 1 atom stereocenters. The van der Waals surface area contributed by atoms with Gasteiger partial charge in [-0.2, -0.15) is 0 Å². The second-order valence-corrected chi connectivity index (χ2v) is 3.51. The van der Waals surface area contributed by atoms with E-state index >= 15 is 0 Å². The van der Waals surface area contributed by atoms with Crippen LogP contribution in [0.4, 0.5) is 8.78 Å². The summed E-state index contributed by atoms with van der Waals surface area (Å²) in [5, 5.41) is 9.57. The maximum Gasteiger partial charge on any atom is 0.160 e. The summed E-state index contributed by atoms with van der Waals surface area (Å²) in [6, 6.07) is 3.39. The van der Waals surface area contributed by atoms with Crippen LogP contribution >= 0.6 is 0 Å². The van der Waals surface area contributed by atoms with Crippen molar-refractivity contribution in [2.24, 2.45) is 0 Å². The van der Waals surface area contributed by atoms with E-state index in [1.165, 1.54) is 6.07 Å². The first kappa shape index (κ1) is 11.7. The van der Waals surface area contributed by atoms with Crippen LogP contribution in [0.25, 0.3) is 0 Å². The Kier molecular flexibility index (Phi) is 3.43. The van der Waals surface area contributed by atoms with Crippen LogP contribution in [0, 0.1) is 23.5 Å². The fourth-order valence-corrected chi connectivity index (χ4v) is 0.869. The third-order valence-electron chi connectivity index (χ3n) is 2.08. The first-order valence-electron chi connectivity index (χ1n) is 4.65. The smallest absolute Gasteiger partial charge is 0.160 e. The summed E-state index contributed by atoms with van der Waals surface area (Å²) in [6.45, 7) is 3.36. The number of hydrogen-bond acceptors (Lipinski definition) is 1. The van der Waals surface area contributed by atoms with Crippen molar-refractivity contribution in [2.45, 2.75) is 25.9 Å². The number of rotatable bonds is 1. The predicted octanol–water partition coefficient (Wildman–Crippen LogP) is 2.48. The molecule has 1 nitrogen and oxygen atoms in total. The molecule has 80 valence electrons. The fraction of sp³-hybridized carbons (Fsp3) is 0.333. The van der Waals surface area contributed by atoms with E-state index in [9.17, 15) is 13.9 Å². The zero-order valence-electron chi connectivity index (χ0n) is 8.64. The van der Waals surface area contributed by atoms with Gasteiger partial charge >= 0.3 is 0 Å². The highest BCUT2D eigenvalue weighted by Gasteiger charge is 2.12. The quantitative estimate of drug-likeness (QED) is 0.706. The summed E-state index contributed by atoms with van der Waals surface area (Å²) in [4.78, 5) is 0. The van der Waals surface area contributed by atoms with E-state index in [-0.39, 0.29) is 0 Å². The Morgan fingerprint density at radius 1 is 1.33 bits per heavy atom. The molecule has 0 radical (unpaired) electrons. The van der Waals surface area contributed by atoms with Crippen LogP contribution in [0.3, 0.4) is 0 Å². The second-order valence-electron chi connectivity index (χ2n) is 3.51. The highest BCUT2D eigenvalue weighted by molar-refractivity contribution is 5.36. The van der Waals surface area contributed by atoms with E-state index in [2.05, 4.69) is 11.8 Å². The Balaban J connectivity index is 2.95. The van der Waals surface area contributed by atoms with Crippen LogP contribution in [0.5, 0.6) is 0 Å². The topological polar surface area (TPSA) is 20.2 Å². The highest BCUT2D eigenvalue weighted by Crippen LogP contribution is 2.09. The molecule has 0 amide bonds. The first-order chi connectivity index (χ1) is 6.94. The molecule has 1 rings (SSSR count). The monoisotopic (exact) mass is 210 g/mol. The van der Waals surface area contributed by atoms with Gasteiger partial charge in [-0.3, -0.25) is 0 Å². The molecule has 0 spiro atoms. The lowest BCUT2D eigenvalue weighted by Gasteiger charge is -2.11. The second kappa shape index (κ2) is 4.41. The Labute approximate surface area is 87.7 Å². The van der Waals surface area contributed by atoms with E-state index in [1.54, 1.807) is 13.8 Å². The van der Waals surface area contributed by atoms with Crippen molar-refractivity contribution in [1.29, 1.82) is 0 Å². The molecule has 0 aromatic heterocycles. The normalized spacial score (nSPS) is 13.9. The summed E-state index contributed by atoms with van der Waals surface area (Å²) >= 11 is 0. The zero-order valence-corrected chi connectivity index (χ0v) is 8.64. The molecule has 0 saturated carbocycles. The molecule has 0 fully saturated rings. The van der Waals surface area contributed by atoms with E-state index in [0.29, 0.717) is 12.0 Å². The van der Waals surface area contributed by atoms with Crippen molar-refractivity contribution in [3.8, 4) is 11.8 Å². The van der Waals surface area contributed by atoms with Gasteiger partial charge in [-0.1, -0.05) is 18.8 Å². The first-order valence-corrected chi connectivity index (χ1v) is 4.65. The summed E-state index contributed by atoms with van der Waals surface area (Å²) < 4.78 is 25.3. The van der Waals surface area contributed by atoms with Crippen LogP contribution in [0.15, 0.2) is 18.2 Å². The molecule has 15 heavy (non-hydrogen) atoms. The molecule has 1 unspecified atom stereocenters. The van der Waals surface area contributed by atoms with Gasteiger partial charge < -0.3 is 5.11 Å². The van der Waals surface area contributed by atoms with E-state index in [4.69, 9.17) is 0 Å². The van der Waals surface area contributed by atoms with Gasteiger partial charge in [-0.15, -0.1) is 0 Å². The van der Waals surface area contributed by atoms with Crippen molar-refractivity contribution in [1.82, 2.24) is 0 Å². The van der Waals surface area contributed by atoms with Gasteiger partial charge in [0, 0.05) is 5.56 Å². The molecule has 0 aliphatic carbocycles. The van der Waals surface area contributed by atoms with Gasteiger partial charge in [-0.25, -0.2) is 8.78 Å². The van der Waals surface area contributed by atoms with Crippen LogP contribution in [0.1, 0.15) is 25.8 Å². The van der Waals surface area contributed by atoms with Crippen molar-refractivity contribution in [3.05, 3.63) is 35.4 Å². The lowest BCUT2D eigenvalue weighted by atomic mass is 10.0. The Morgan fingerprint density at radius 2 is 2.00 bits per heavy atom. The van der Waals surface area contributed by atoms with Gasteiger partial charge in [0.05, 0.1) is 0 Å². The minimum atomic E-state index is -1.09. The molecular weight excluding hydrogens is 198 g/mol. The molecular formula is C12H12F2O. The zero-order chi connectivity index (χ0) is 11.5. The maximum absolute atomic E-state index is 12.8. The highest BCUT2D eigenvalue weighted by atomic mass is 19.2. The van der Waals surface area contributed by atoms with Crippen molar-refractivity contribution < 1.29 is 13.9 Å². The summed E-state index contributed by atoms with van der Waals surface area (Å²) in [6.07, 6.45) is 0.476. The average Bonchev–Trinajstić information content (AvgIpc) is 2.20. The molecule has 3 heteroatoms. The van der Waals surface area contributed by atoms with Crippen LogP contribution in [-0.2, 0) is 0 Å². The number of hydrogen-bond donors (Lipinski definition) is 1. The Hall–Kier alpha value is -1.40. The van der Waals surface area contributed by atoms with Crippen molar-refractivity contribution in [3.63, 3.8) is 0 Å². The van der Waals surface area contributed by atoms with Gasteiger partial charge in [0.1, 0.15) is 5.60 Å². The van der Waals surface area contributed by atoms with Gasteiger partial charge in [0.15, 0.2) is 11.6 Å². The molecule has 0 bridgehead atoms. The minimum Gasteiger partial charge on any atom is -0.378 e. The fourth-order valence-electron chi connectivity index (χ4n) is 0.869. The van der Waals surface area contributed by atoms with E-state index < -0.39 is 17.2 Å². The standard InChI is InChI=1S/C12H12F2O/c1-3-12(2,15)7-6-9-4-5-10(13)11(14)8-9/h4-5,8,15H,3H2,1-2H3. The minimum absolute atomic E-state index is 0.350. The Morgan fingerprint density at radius 3 is 2.53 bits per heavy atom.